The van der Waals surface area contributed by atoms with E-state index in [1.165, 1.54) is 35.6 Å². The van der Waals surface area contributed by atoms with E-state index in [4.69, 9.17) is 0 Å². The van der Waals surface area contributed by atoms with Crippen molar-refractivity contribution in [1.29, 1.82) is 0 Å². The molecule has 1 aromatic carbocycles. The highest BCUT2D eigenvalue weighted by atomic mass is 32.1. The van der Waals surface area contributed by atoms with Crippen molar-refractivity contribution in [3.05, 3.63) is 57.5 Å². The lowest BCUT2D eigenvalue weighted by Crippen LogP contribution is -2.28. The van der Waals surface area contributed by atoms with Crippen LogP contribution in [0.3, 0.4) is 0 Å². The van der Waals surface area contributed by atoms with Gasteiger partial charge in [0.1, 0.15) is 5.82 Å². The molecule has 2 rings (SSSR count). The Morgan fingerprint density at radius 1 is 1.37 bits per heavy atom. The summed E-state index contributed by atoms with van der Waals surface area (Å²) in [5.74, 6) is -0.561. The topological polar surface area (TPSA) is 49.3 Å². The number of nitrogens with one attached hydrogen (secondary N) is 1. The molecule has 1 heterocycles. The molecule has 5 heteroatoms. The lowest BCUT2D eigenvalue weighted by Gasteiger charge is -2.12. The first-order chi connectivity index (χ1) is 9.08. The SMILES string of the molecule is Cc1cscc1C(=O)NCC(O)c1ccc(F)cc1. The fraction of sp³-hybridized carbons (Fsp3) is 0.214. The Kier molecular flexibility index (Phi) is 4.29. The first kappa shape index (κ1) is 13.7. The van der Waals surface area contributed by atoms with E-state index in [0.717, 1.165) is 5.56 Å². The fourth-order valence-corrected chi connectivity index (χ4v) is 2.51. The highest BCUT2D eigenvalue weighted by Gasteiger charge is 2.13. The van der Waals surface area contributed by atoms with Gasteiger partial charge in [-0.05, 0) is 35.6 Å². The molecule has 0 fully saturated rings. The van der Waals surface area contributed by atoms with E-state index in [0.29, 0.717) is 11.1 Å². The minimum atomic E-state index is -0.844. The van der Waals surface area contributed by atoms with Crippen molar-refractivity contribution in [2.45, 2.75) is 13.0 Å². The fourth-order valence-electron chi connectivity index (χ4n) is 1.68. The van der Waals surface area contributed by atoms with E-state index in [1.807, 2.05) is 12.3 Å². The Labute approximate surface area is 114 Å². The number of rotatable bonds is 4. The predicted octanol–water partition coefficient (Wildman–Crippen LogP) is 2.66. The number of hydrogen-bond acceptors (Lipinski definition) is 3. The molecule has 2 aromatic rings. The average Bonchev–Trinajstić information content (AvgIpc) is 2.83. The predicted molar refractivity (Wildman–Crippen MR) is 72.7 cm³/mol. The number of aryl methyl sites for hydroxylation is 1. The molecule has 1 unspecified atom stereocenters. The zero-order valence-corrected chi connectivity index (χ0v) is 11.2. The summed E-state index contributed by atoms with van der Waals surface area (Å²) in [6.45, 7) is 1.96. The van der Waals surface area contributed by atoms with E-state index in [1.54, 1.807) is 5.38 Å². The molecular formula is C14H14FNO2S. The number of benzene rings is 1. The van der Waals surface area contributed by atoms with Crippen LogP contribution in [0.25, 0.3) is 0 Å². The molecule has 0 spiro atoms. The smallest absolute Gasteiger partial charge is 0.252 e. The van der Waals surface area contributed by atoms with Crippen molar-refractivity contribution in [3.63, 3.8) is 0 Å². The molecule has 19 heavy (non-hydrogen) atoms. The molecule has 0 saturated heterocycles. The lowest BCUT2D eigenvalue weighted by molar-refractivity contribution is 0.0916. The highest BCUT2D eigenvalue weighted by Crippen LogP contribution is 2.15. The maximum atomic E-state index is 12.7. The second-order valence-corrected chi connectivity index (χ2v) is 4.99. The molecule has 0 aliphatic carbocycles. The van der Waals surface area contributed by atoms with Gasteiger partial charge in [-0.15, -0.1) is 0 Å². The molecular weight excluding hydrogens is 265 g/mol. The molecule has 0 bridgehead atoms. The van der Waals surface area contributed by atoms with Crippen LogP contribution < -0.4 is 5.32 Å². The summed E-state index contributed by atoms with van der Waals surface area (Å²) in [5, 5.41) is 16.2. The molecule has 0 aliphatic heterocycles. The largest absolute Gasteiger partial charge is 0.387 e. The van der Waals surface area contributed by atoms with Gasteiger partial charge >= 0.3 is 0 Å². The molecule has 1 amide bonds. The first-order valence-electron chi connectivity index (χ1n) is 5.82. The van der Waals surface area contributed by atoms with Crippen LogP contribution in [0.15, 0.2) is 35.0 Å². The molecule has 100 valence electrons. The van der Waals surface area contributed by atoms with Crippen LogP contribution in [0, 0.1) is 12.7 Å². The number of hydrogen-bond donors (Lipinski definition) is 2. The van der Waals surface area contributed by atoms with Gasteiger partial charge in [-0.1, -0.05) is 12.1 Å². The Morgan fingerprint density at radius 3 is 2.63 bits per heavy atom. The Morgan fingerprint density at radius 2 is 2.05 bits per heavy atom. The third kappa shape index (κ3) is 3.39. The van der Waals surface area contributed by atoms with Gasteiger partial charge in [0, 0.05) is 11.9 Å². The van der Waals surface area contributed by atoms with Crippen molar-refractivity contribution in [2.24, 2.45) is 0 Å². The first-order valence-corrected chi connectivity index (χ1v) is 6.76. The summed E-state index contributed by atoms with van der Waals surface area (Å²) in [5.41, 5.74) is 2.11. The maximum Gasteiger partial charge on any atom is 0.252 e. The Bertz CT molecular complexity index is 565. The van der Waals surface area contributed by atoms with E-state index < -0.39 is 6.10 Å². The number of carbonyl (C=O) groups excluding carboxylic acids is 1. The summed E-state index contributed by atoms with van der Waals surface area (Å²) < 4.78 is 12.7. The summed E-state index contributed by atoms with van der Waals surface area (Å²) in [4.78, 5) is 11.8. The summed E-state index contributed by atoms with van der Waals surface area (Å²) in [6.07, 6.45) is -0.844. The van der Waals surface area contributed by atoms with Crippen LogP contribution in [0.1, 0.15) is 27.6 Å². The van der Waals surface area contributed by atoms with Crippen molar-refractivity contribution in [3.8, 4) is 0 Å². The van der Waals surface area contributed by atoms with E-state index in [-0.39, 0.29) is 18.3 Å². The van der Waals surface area contributed by atoms with Gasteiger partial charge in [0.15, 0.2) is 0 Å². The van der Waals surface area contributed by atoms with Crippen LogP contribution in [0.4, 0.5) is 4.39 Å². The molecule has 2 N–H and O–H groups in total. The molecule has 1 atom stereocenters. The van der Waals surface area contributed by atoms with Crippen LogP contribution in [0.5, 0.6) is 0 Å². The minimum Gasteiger partial charge on any atom is -0.387 e. The van der Waals surface area contributed by atoms with Gasteiger partial charge in [0.05, 0.1) is 11.7 Å². The number of aliphatic hydroxyl groups excluding tert-OH is 1. The monoisotopic (exact) mass is 279 g/mol. The van der Waals surface area contributed by atoms with Crippen molar-refractivity contribution >= 4 is 17.2 Å². The molecule has 0 aliphatic rings. The minimum absolute atomic E-state index is 0.0970. The molecule has 0 radical (unpaired) electrons. The van der Waals surface area contributed by atoms with Crippen LogP contribution >= 0.6 is 11.3 Å². The van der Waals surface area contributed by atoms with Gasteiger partial charge in [-0.3, -0.25) is 4.79 Å². The highest BCUT2D eigenvalue weighted by molar-refractivity contribution is 7.08. The van der Waals surface area contributed by atoms with E-state index >= 15 is 0 Å². The van der Waals surface area contributed by atoms with Gasteiger partial charge in [0.2, 0.25) is 0 Å². The summed E-state index contributed by atoms with van der Waals surface area (Å²) >= 11 is 1.46. The zero-order valence-electron chi connectivity index (χ0n) is 10.4. The van der Waals surface area contributed by atoms with E-state index in [9.17, 15) is 14.3 Å². The number of carbonyl (C=O) groups is 1. The van der Waals surface area contributed by atoms with Gasteiger partial charge in [-0.25, -0.2) is 4.39 Å². The van der Waals surface area contributed by atoms with Gasteiger partial charge in [0.25, 0.3) is 5.91 Å². The summed E-state index contributed by atoms with van der Waals surface area (Å²) in [7, 11) is 0. The molecule has 1 aromatic heterocycles. The van der Waals surface area contributed by atoms with Crippen LogP contribution in [0.2, 0.25) is 0 Å². The Hall–Kier alpha value is -1.72. The normalized spacial score (nSPS) is 12.2. The second kappa shape index (κ2) is 5.95. The standard InChI is InChI=1S/C14H14FNO2S/c1-9-7-19-8-12(9)14(18)16-6-13(17)10-2-4-11(15)5-3-10/h2-5,7-8,13,17H,6H2,1H3,(H,16,18). The molecule has 0 saturated carbocycles. The average molecular weight is 279 g/mol. The quantitative estimate of drug-likeness (QED) is 0.904. The van der Waals surface area contributed by atoms with Crippen molar-refractivity contribution < 1.29 is 14.3 Å². The van der Waals surface area contributed by atoms with Crippen LogP contribution in [-0.4, -0.2) is 17.6 Å². The third-order valence-electron chi connectivity index (χ3n) is 2.81. The number of amides is 1. The zero-order chi connectivity index (χ0) is 13.8. The van der Waals surface area contributed by atoms with Gasteiger partial charge in [-0.2, -0.15) is 11.3 Å². The Balaban J connectivity index is 1.94. The number of halogens is 1. The van der Waals surface area contributed by atoms with Crippen molar-refractivity contribution in [2.75, 3.05) is 6.54 Å². The summed E-state index contributed by atoms with van der Waals surface area (Å²) in [6, 6.07) is 5.57. The maximum absolute atomic E-state index is 12.7. The molecule has 3 nitrogen and oxygen atoms in total. The number of aliphatic hydroxyl groups is 1. The van der Waals surface area contributed by atoms with Gasteiger partial charge < -0.3 is 10.4 Å². The van der Waals surface area contributed by atoms with E-state index in [2.05, 4.69) is 5.32 Å². The third-order valence-corrected chi connectivity index (χ3v) is 3.67. The number of thiophene rings is 1. The van der Waals surface area contributed by atoms with Crippen molar-refractivity contribution in [1.82, 2.24) is 5.32 Å². The van der Waals surface area contributed by atoms with Crippen LogP contribution in [-0.2, 0) is 0 Å². The second-order valence-electron chi connectivity index (χ2n) is 4.25. The lowest BCUT2D eigenvalue weighted by atomic mass is 10.1.